The maximum absolute atomic E-state index is 12.1. The zero-order valence-electron chi connectivity index (χ0n) is 16.9. The van der Waals surface area contributed by atoms with Crippen LogP contribution in [-0.2, 0) is 4.79 Å². The number of carbonyl (C=O) groups is 1. The molecule has 2 rings (SSSR count). The summed E-state index contributed by atoms with van der Waals surface area (Å²) in [5.41, 5.74) is 0.807. The summed E-state index contributed by atoms with van der Waals surface area (Å²) in [6.45, 7) is 9.07. The van der Waals surface area contributed by atoms with Crippen molar-refractivity contribution in [1.29, 1.82) is 0 Å². The summed E-state index contributed by atoms with van der Waals surface area (Å²) in [7, 11) is 1.77. The first-order valence-electron chi connectivity index (χ1n) is 9.51. The van der Waals surface area contributed by atoms with Gasteiger partial charge in [-0.1, -0.05) is 18.2 Å². The Hall–Kier alpha value is -1.51. The van der Waals surface area contributed by atoms with E-state index in [0.717, 1.165) is 31.9 Å². The molecule has 1 saturated heterocycles. The van der Waals surface area contributed by atoms with Crippen molar-refractivity contribution in [3.05, 3.63) is 30.3 Å². The fourth-order valence-electron chi connectivity index (χ4n) is 3.09. The van der Waals surface area contributed by atoms with E-state index < -0.39 is 5.41 Å². The SMILES string of the molecule is CCNC(=O)C(C)(C)CNC(=NC)NC1CCN(c2ccccc2)CC1.I. The normalized spacial score (nSPS) is 15.7. The van der Waals surface area contributed by atoms with Crippen LogP contribution >= 0.6 is 24.0 Å². The molecule has 1 fully saturated rings. The van der Waals surface area contributed by atoms with Gasteiger partial charge in [-0.15, -0.1) is 24.0 Å². The first kappa shape index (κ1) is 23.5. The average molecular weight is 487 g/mol. The van der Waals surface area contributed by atoms with E-state index in [1.807, 2.05) is 20.8 Å². The number of benzene rings is 1. The highest BCUT2D eigenvalue weighted by atomic mass is 127. The lowest BCUT2D eigenvalue weighted by molar-refractivity contribution is -0.128. The van der Waals surface area contributed by atoms with Crippen molar-refractivity contribution < 1.29 is 4.79 Å². The number of halogens is 1. The summed E-state index contributed by atoms with van der Waals surface area (Å²) in [5.74, 6) is 0.819. The van der Waals surface area contributed by atoms with Gasteiger partial charge in [0.25, 0.3) is 0 Å². The number of carbonyl (C=O) groups excluding carboxylic acids is 1. The van der Waals surface area contributed by atoms with Crippen molar-refractivity contribution in [2.24, 2.45) is 10.4 Å². The van der Waals surface area contributed by atoms with Gasteiger partial charge in [-0.2, -0.15) is 0 Å². The van der Waals surface area contributed by atoms with Crippen molar-refractivity contribution >= 4 is 41.5 Å². The van der Waals surface area contributed by atoms with Gasteiger partial charge in [-0.05, 0) is 45.7 Å². The molecule has 27 heavy (non-hydrogen) atoms. The highest BCUT2D eigenvalue weighted by molar-refractivity contribution is 14.0. The molecular weight excluding hydrogens is 453 g/mol. The van der Waals surface area contributed by atoms with E-state index in [4.69, 9.17) is 0 Å². The highest BCUT2D eigenvalue weighted by Crippen LogP contribution is 2.19. The number of piperidine rings is 1. The van der Waals surface area contributed by atoms with Crippen molar-refractivity contribution in [2.75, 3.05) is 38.1 Å². The maximum atomic E-state index is 12.1. The molecule has 7 heteroatoms. The molecule has 6 nitrogen and oxygen atoms in total. The topological polar surface area (TPSA) is 68.8 Å². The second-order valence-electron chi connectivity index (χ2n) is 7.41. The van der Waals surface area contributed by atoms with Crippen LogP contribution in [0.25, 0.3) is 0 Å². The van der Waals surface area contributed by atoms with E-state index in [9.17, 15) is 4.79 Å². The summed E-state index contributed by atoms with van der Waals surface area (Å²) < 4.78 is 0. The number of rotatable bonds is 6. The third kappa shape index (κ3) is 7.20. The Labute approximate surface area is 180 Å². The van der Waals surface area contributed by atoms with Gasteiger partial charge in [0, 0.05) is 45.0 Å². The highest BCUT2D eigenvalue weighted by Gasteiger charge is 2.27. The van der Waals surface area contributed by atoms with Gasteiger partial charge in [-0.3, -0.25) is 9.79 Å². The van der Waals surface area contributed by atoms with Gasteiger partial charge in [0.1, 0.15) is 0 Å². The number of nitrogens with one attached hydrogen (secondary N) is 3. The van der Waals surface area contributed by atoms with E-state index in [1.165, 1.54) is 5.69 Å². The van der Waals surface area contributed by atoms with Crippen LogP contribution in [0.3, 0.4) is 0 Å². The number of anilines is 1. The minimum absolute atomic E-state index is 0. The Morgan fingerprint density at radius 1 is 1.19 bits per heavy atom. The van der Waals surface area contributed by atoms with Crippen molar-refractivity contribution in [1.82, 2.24) is 16.0 Å². The van der Waals surface area contributed by atoms with Crippen molar-refractivity contribution in [2.45, 2.75) is 39.7 Å². The lowest BCUT2D eigenvalue weighted by atomic mass is 9.92. The Kier molecular flexibility index (Phi) is 9.90. The fourth-order valence-corrected chi connectivity index (χ4v) is 3.09. The molecule has 1 aliphatic rings. The molecule has 1 aliphatic heterocycles. The molecule has 1 heterocycles. The van der Waals surface area contributed by atoms with Crippen LogP contribution < -0.4 is 20.9 Å². The standard InChI is InChI=1S/C20H33N5O.HI/c1-5-22-18(26)20(2,3)15-23-19(21-4)24-16-11-13-25(14-12-16)17-9-7-6-8-10-17;/h6-10,16H,5,11-15H2,1-4H3,(H,22,26)(H2,21,23,24);1H. The van der Waals surface area contributed by atoms with Gasteiger partial charge >= 0.3 is 0 Å². The minimum Gasteiger partial charge on any atom is -0.371 e. The zero-order chi connectivity index (χ0) is 19.0. The second-order valence-corrected chi connectivity index (χ2v) is 7.41. The third-order valence-electron chi connectivity index (χ3n) is 4.83. The van der Waals surface area contributed by atoms with E-state index in [1.54, 1.807) is 7.05 Å². The Morgan fingerprint density at radius 3 is 2.37 bits per heavy atom. The number of guanidine groups is 1. The lowest BCUT2D eigenvalue weighted by Gasteiger charge is -2.35. The van der Waals surface area contributed by atoms with E-state index in [-0.39, 0.29) is 29.9 Å². The average Bonchev–Trinajstić information content (AvgIpc) is 2.66. The largest absolute Gasteiger partial charge is 0.371 e. The van der Waals surface area contributed by atoms with Crippen molar-refractivity contribution in [3.8, 4) is 0 Å². The zero-order valence-corrected chi connectivity index (χ0v) is 19.2. The summed E-state index contributed by atoms with van der Waals surface area (Å²) in [5, 5.41) is 9.69. The molecule has 0 unspecified atom stereocenters. The van der Waals surface area contributed by atoms with Gasteiger partial charge in [0.15, 0.2) is 5.96 Å². The van der Waals surface area contributed by atoms with Gasteiger partial charge < -0.3 is 20.9 Å². The van der Waals surface area contributed by atoms with Gasteiger partial charge in [0.2, 0.25) is 5.91 Å². The Balaban J connectivity index is 0.00000364. The molecule has 1 aromatic rings. The van der Waals surface area contributed by atoms with E-state index in [0.29, 0.717) is 19.1 Å². The number of hydrogen-bond acceptors (Lipinski definition) is 3. The van der Waals surface area contributed by atoms with E-state index >= 15 is 0 Å². The van der Waals surface area contributed by atoms with Crippen LogP contribution in [0.15, 0.2) is 35.3 Å². The molecule has 3 N–H and O–H groups in total. The molecule has 1 amide bonds. The maximum Gasteiger partial charge on any atom is 0.227 e. The molecule has 0 aromatic heterocycles. The summed E-state index contributed by atoms with van der Waals surface area (Å²) >= 11 is 0. The lowest BCUT2D eigenvalue weighted by Crippen LogP contribution is -2.52. The van der Waals surface area contributed by atoms with Crippen LogP contribution in [0.4, 0.5) is 5.69 Å². The van der Waals surface area contributed by atoms with Crippen LogP contribution in [0.2, 0.25) is 0 Å². The number of nitrogens with zero attached hydrogens (tertiary/aromatic N) is 2. The summed E-state index contributed by atoms with van der Waals surface area (Å²) in [6, 6.07) is 10.9. The Bertz CT molecular complexity index is 598. The third-order valence-corrected chi connectivity index (χ3v) is 4.83. The number of para-hydroxylation sites is 1. The molecule has 0 radical (unpaired) electrons. The first-order chi connectivity index (χ1) is 12.5. The molecule has 0 atom stereocenters. The van der Waals surface area contributed by atoms with Crippen LogP contribution in [-0.4, -0.2) is 51.1 Å². The number of aliphatic imine (C=N–C) groups is 1. The van der Waals surface area contributed by atoms with Crippen LogP contribution in [0, 0.1) is 5.41 Å². The number of hydrogen-bond donors (Lipinski definition) is 3. The first-order valence-corrected chi connectivity index (χ1v) is 9.51. The summed E-state index contributed by atoms with van der Waals surface area (Å²) in [6.07, 6.45) is 2.13. The molecule has 0 aliphatic carbocycles. The molecule has 0 bridgehead atoms. The monoisotopic (exact) mass is 487 g/mol. The second kappa shape index (κ2) is 11.4. The van der Waals surface area contributed by atoms with Gasteiger partial charge in [0.05, 0.1) is 5.41 Å². The van der Waals surface area contributed by atoms with E-state index in [2.05, 4.69) is 56.2 Å². The molecule has 0 saturated carbocycles. The minimum atomic E-state index is -0.482. The molecule has 0 spiro atoms. The van der Waals surface area contributed by atoms with Gasteiger partial charge in [-0.25, -0.2) is 0 Å². The van der Waals surface area contributed by atoms with Crippen molar-refractivity contribution in [3.63, 3.8) is 0 Å². The predicted molar refractivity (Wildman–Crippen MR) is 124 cm³/mol. The quantitative estimate of drug-likeness (QED) is 0.328. The van der Waals surface area contributed by atoms with Crippen LogP contribution in [0.1, 0.15) is 33.6 Å². The smallest absolute Gasteiger partial charge is 0.227 e. The molecule has 152 valence electrons. The molecule has 1 aromatic carbocycles. The summed E-state index contributed by atoms with van der Waals surface area (Å²) in [4.78, 5) is 18.8. The fraction of sp³-hybridized carbons (Fsp3) is 0.600. The molecular formula is C20H34IN5O. The number of amides is 1. The predicted octanol–water partition coefficient (Wildman–Crippen LogP) is 2.60. The Morgan fingerprint density at radius 2 is 1.81 bits per heavy atom. The van der Waals surface area contributed by atoms with Crippen LogP contribution in [0.5, 0.6) is 0 Å².